The van der Waals surface area contributed by atoms with Crippen LogP contribution in [0, 0.1) is 0 Å². The Morgan fingerprint density at radius 1 is 1.03 bits per heavy atom. The van der Waals surface area contributed by atoms with Crippen molar-refractivity contribution in [1.82, 2.24) is 10.6 Å². The Morgan fingerprint density at radius 3 is 2.30 bits per heavy atom. The van der Waals surface area contributed by atoms with Crippen molar-refractivity contribution in [1.29, 1.82) is 0 Å². The molecule has 0 aliphatic carbocycles. The van der Waals surface area contributed by atoms with E-state index in [1.54, 1.807) is 0 Å². The van der Waals surface area contributed by atoms with Crippen molar-refractivity contribution in [2.24, 2.45) is 4.99 Å². The fraction of sp³-hybridized carbons (Fsp3) is 0.458. The quantitative estimate of drug-likeness (QED) is 0.336. The van der Waals surface area contributed by atoms with Gasteiger partial charge in [0, 0.05) is 44.0 Å². The van der Waals surface area contributed by atoms with Crippen LogP contribution in [0.5, 0.6) is 5.75 Å². The molecule has 6 heteroatoms. The zero-order valence-electron chi connectivity index (χ0n) is 18.5. The number of nitrogens with zero attached hydrogens (tertiary/aromatic N) is 2. The lowest BCUT2D eigenvalue weighted by molar-refractivity contribution is 0.129. The molecular weight excluding hydrogens is 487 g/mol. The van der Waals surface area contributed by atoms with Gasteiger partial charge in [0.1, 0.15) is 11.4 Å². The number of anilines is 1. The van der Waals surface area contributed by atoms with E-state index < -0.39 is 0 Å². The number of guanidine groups is 1. The molecule has 1 fully saturated rings. The molecule has 0 bridgehead atoms. The highest BCUT2D eigenvalue weighted by atomic mass is 127. The van der Waals surface area contributed by atoms with E-state index in [4.69, 9.17) is 4.74 Å². The Bertz CT molecular complexity index is 796. The molecule has 0 radical (unpaired) electrons. The minimum absolute atomic E-state index is 0. The van der Waals surface area contributed by atoms with Crippen molar-refractivity contribution >= 4 is 35.6 Å². The van der Waals surface area contributed by atoms with E-state index in [1.165, 1.54) is 5.69 Å². The molecule has 164 valence electrons. The number of benzene rings is 2. The molecule has 2 N–H and O–H groups in total. The number of halogens is 1. The number of rotatable bonds is 5. The van der Waals surface area contributed by atoms with Crippen LogP contribution in [0.15, 0.2) is 59.6 Å². The summed E-state index contributed by atoms with van der Waals surface area (Å²) >= 11 is 0. The molecule has 5 nitrogen and oxygen atoms in total. The SMILES string of the molecule is CN=C(NCc1ccccc1OC(C)(C)C)NC1CCN(c2ccccc2)CC1.I. The van der Waals surface area contributed by atoms with E-state index in [9.17, 15) is 0 Å². The Labute approximate surface area is 198 Å². The van der Waals surface area contributed by atoms with Crippen molar-refractivity contribution in [2.45, 2.75) is 51.8 Å². The topological polar surface area (TPSA) is 48.9 Å². The van der Waals surface area contributed by atoms with Gasteiger partial charge in [-0.3, -0.25) is 4.99 Å². The van der Waals surface area contributed by atoms with E-state index in [0.29, 0.717) is 12.6 Å². The second-order valence-corrected chi connectivity index (χ2v) is 8.49. The third kappa shape index (κ3) is 7.38. The maximum atomic E-state index is 6.10. The average Bonchev–Trinajstić information content (AvgIpc) is 2.72. The first-order valence-corrected chi connectivity index (χ1v) is 10.5. The Morgan fingerprint density at radius 2 is 1.67 bits per heavy atom. The van der Waals surface area contributed by atoms with Crippen molar-refractivity contribution < 1.29 is 4.74 Å². The molecule has 30 heavy (non-hydrogen) atoms. The minimum Gasteiger partial charge on any atom is -0.488 e. The third-order valence-electron chi connectivity index (χ3n) is 5.02. The fourth-order valence-corrected chi connectivity index (χ4v) is 3.57. The highest BCUT2D eigenvalue weighted by Crippen LogP contribution is 2.23. The van der Waals surface area contributed by atoms with Gasteiger partial charge in [0.15, 0.2) is 5.96 Å². The maximum absolute atomic E-state index is 6.10. The van der Waals surface area contributed by atoms with Crippen molar-refractivity contribution in [3.05, 3.63) is 60.2 Å². The first-order valence-electron chi connectivity index (χ1n) is 10.5. The molecule has 0 aromatic heterocycles. The highest BCUT2D eigenvalue weighted by Gasteiger charge is 2.20. The number of ether oxygens (including phenoxy) is 1. The molecule has 0 spiro atoms. The van der Waals surface area contributed by atoms with Gasteiger partial charge in [-0.25, -0.2) is 0 Å². The lowest BCUT2D eigenvalue weighted by Gasteiger charge is -2.34. The Hall–Kier alpha value is -1.96. The molecule has 3 rings (SSSR count). The number of hydrogen-bond acceptors (Lipinski definition) is 3. The molecule has 2 aromatic rings. The monoisotopic (exact) mass is 522 g/mol. The van der Waals surface area contributed by atoms with Gasteiger partial charge in [-0.1, -0.05) is 36.4 Å². The summed E-state index contributed by atoms with van der Waals surface area (Å²) in [7, 11) is 1.83. The molecular formula is C24H35IN4O. The van der Waals surface area contributed by atoms with Crippen molar-refractivity contribution in [2.75, 3.05) is 25.0 Å². The van der Waals surface area contributed by atoms with Gasteiger partial charge in [-0.05, 0) is 51.8 Å². The lowest BCUT2D eigenvalue weighted by Crippen LogP contribution is -2.48. The van der Waals surface area contributed by atoms with E-state index in [1.807, 2.05) is 25.2 Å². The van der Waals surface area contributed by atoms with E-state index in [-0.39, 0.29) is 29.6 Å². The summed E-state index contributed by atoms with van der Waals surface area (Å²) < 4.78 is 6.10. The van der Waals surface area contributed by atoms with E-state index >= 15 is 0 Å². The Kier molecular flexibility index (Phi) is 9.27. The molecule has 1 aliphatic rings. The second kappa shape index (κ2) is 11.4. The van der Waals surface area contributed by atoms with Crippen LogP contribution >= 0.6 is 24.0 Å². The van der Waals surface area contributed by atoms with Crippen LogP contribution < -0.4 is 20.3 Å². The van der Waals surface area contributed by atoms with E-state index in [0.717, 1.165) is 43.2 Å². The number of nitrogens with one attached hydrogen (secondary N) is 2. The second-order valence-electron chi connectivity index (χ2n) is 8.49. The predicted octanol–water partition coefficient (Wildman–Crippen LogP) is 4.82. The summed E-state index contributed by atoms with van der Waals surface area (Å²) in [5.41, 5.74) is 2.22. The van der Waals surface area contributed by atoms with Crippen LogP contribution in [0.25, 0.3) is 0 Å². The minimum atomic E-state index is -0.219. The van der Waals surface area contributed by atoms with Crippen molar-refractivity contribution in [3.8, 4) is 5.75 Å². The van der Waals surface area contributed by atoms with Gasteiger partial charge >= 0.3 is 0 Å². The smallest absolute Gasteiger partial charge is 0.191 e. The average molecular weight is 522 g/mol. The zero-order valence-corrected chi connectivity index (χ0v) is 20.9. The third-order valence-corrected chi connectivity index (χ3v) is 5.02. The van der Waals surface area contributed by atoms with E-state index in [2.05, 4.69) is 77.7 Å². The number of para-hydroxylation sites is 2. The molecule has 0 unspecified atom stereocenters. The maximum Gasteiger partial charge on any atom is 0.191 e. The summed E-state index contributed by atoms with van der Waals surface area (Å²) in [5, 5.41) is 7.03. The summed E-state index contributed by atoms with van der Waals surface area (Å²) in [4.78, 5) is 6.87. The van der Waals surface area contributed by atoms with Gasteiger partial charge in [-0.15, -0.1) is 24.0 Å². The molecule has 0 atom stereocenters. The van der Waals surface area contributed by atoms with Gasteiger partial charge in [0.05, 0.1) is 0 Å². The predicted molar refractivity (Wildman–Crippen MR) is 137 cm³/mol. The van der Waals surface area contributed by atoms with Crippen LogP contribution in [0.2, 0.25) is 0 Å². The van der Waals surface area contributed by atoms with Gasteiger partial charge in [0.25, 0.3) is 0 Å². The zero-order chi connectivity index (χ0) is 20.7. The van der Waals surface area contributed by atoms with Crippen LogP contribution in [-0.4, -0.2) is 37.7 Å². The lowest BCUT2D eigenvalue weighted by atomic mass is 10.0. The van der Waals surface area contributed by atoms with Gasteiger partial charge in [0.2, 0.25) is 0 Å². The number of hydrogen-bond donors (Lipinski definition) is 2. The largest absolute Gasteiger partial charge is 0.488 e. The van der Waals surface area contributed by atoms with Crippen LogP contribution in [0.3, 0.4) is 0 Å². The van der Waals surface area contributed by atoms with Crippen LogP contribution in [0.4, 0.5) is 5.69 Å². The van der Waals surface area contributed by atoms with Gasteiger partial charge < -0.3 is 20.3 Å². The summed E-state index contributed by atoms with van der Waals surface area (Å²) in [6, 6.07) is 19.3. The number of piperidine rings is 1. The van der Waals surface area contributed by atoms with Gasteiger partial charge in [-0.2, -0.15) is 0 Å². The molecule has 1 heterocycles. The van der Waals surface area contributed by atoms with Crippen molar-refractivity contribution in [3.63, 3.8) is 0 Å². The first-order chi connectivity index (χ1) is 13.9. The molecule has 0 amide bonds. The molecule has 0 saturated carbocycles. The fourth-order valence-electron chi connectivity index (χ4n) is 3.57. The number of aliphatic imine (C=N–C) groups is 1. The summed E-state index contributed by atoms with van der Waals surface area (Å²) in [6.45, 7) is 9.00. The normalized spacial score (nSPS) is 15.3. The summed E-state index contributed by atoms with van der Waals surface area (Å²) in [5.74, 6) is 1.76. The molecule has 2 aromatic carbocycles. The standard InChI is InChI=1S/C24H34N4O.HI/c1-24(2,3)29-22-13-9-8-10-19(22)18-26-23(25-4)27-20-14-16-28(17-15-20)21-11-6-5-7-12-21;/h5-13,20H,14-18H2,1-4H3,(H2,25,26,27);1H. The molecule has 1 aliphatic heterocycles. The van der Waals surface area contributed by atoms with Crippen LogP contribution in [0.1, 0.15) is 39.2 Å². The highest BCUT2D eigenvalue weighted by molar-refractivity contribution is 14.0. The summed E-state index contributed by atoms with van der Waals surface area (Å²) in [6.07, 6.45) is 2.19. The van der Waals surface area contributed by atoms with Crippen LogP contribution in [-0.2, 0) is 6.54 Å². The Balaban J connectivity index is 0.00000320. The molecule has 1 saturated heterocycles. The first kappa shape index (κ1) is 24.3.